The number of esters is 2. The Morgan fingerprint density at radius 2 is 0.971 bits per heavy atom. The van der Waals surface area contributed by atoms with Gasteiger partial charge in [0, 0.05) is 11.1 Å². The minimum Gasteiger partial charge on any atom is -0.422 e. The zero-order valence-corrected chi connectivity index (χ0v) is 19.0. The highest BCUT2D eigenvalue weighted by atomic mass is 16.5. The van der Waals surface area contributed by atoms with Crippen LogP contribution in [0, 0.1) is 0 Å². The molecule has 0 aromatic heterocycles. The van der Waals surface area contributed by atoms with Crippen LogP contribution in [-0.4, -0.2) is 11.9 Å². The standard InChI is InChI=1S/C30H24O4/c1-21(19-23-11-5-3-6-12-23)29(31)33-26-17-9-15-25-16-10-18-27(28(25)26)34-30(32)22(2)20-24-13-7-4-8-14-24/h3-20H,1-2H3/b21-19+,22-20?. The van der Waals surface area contributed by atoms with Gasteiger partial charge in [-0.2, -0.15) is 0 Å². The largest absolute Gasteiger partial charge is 0.422 e. The van der Waals surface area contributed by atoms with Gasteiger partial charge in [-0.3, -0.25) is 0 Å². The van der Waals surface area contributed by atoms with Gasteiger partial charge in [0.05, 0.1) is 5.39 Å². The lowest BCUT2D eigenvalue weighted by Crippen LogP contribution is -2.11. The number of benzene rings is 4. The Kier molecular flexibility index (Phi) is 6.99. The average molecular weight is 449 g/mol. The summed E-state index contributed by atoms with van der Waals surface area (Å²) in [6.45, 7) is 3.41. The Balaban J connectivity index is 1.61. The molecule has 168 valence electrons. The van der Waals surface area contributed by atoms with Crippen LogP contribution in [0.2, 0.25) is 0 Å². The van der Waals surface area contributed by atoms with Gasteiger partial charge in [-0.25, -0.2) is 9.59 Å². The first kappa shape index (κ1) is 22.7. The van der Waals surface area contributed by atoms with Gasteiger partial charge in [-0.15, -0.1) is 0 Å². The minimum atomic E-state index is -0.474. The highest BCUT2D eigenvalue weighted by molar-refractivity contribution is 6.01. The molecule has 0 atom stereocenters. The zero-order valence-electron chi connectivity index (χ0n) is 19.0. The Morgan fingerprint density at radius 3 is 1.38 bits per heavy atom. The molecule has 0 saturated carbocycles. The second-order valence-corrected chi connectivity index (χ2v) is 7.87. The van der Waals surface area contributed by atoms with E-state index in [4.69, 9.17) is 9.47 Å². The van der Waals surface area contributed by atoms with Crippen molar-refractivity contribution in [2.45, 2.75) is 13.8 Å². The van der Waals surface area contributed by atoms with E-state index in [1.54, 1.807) is 50.3 Å². The van der Waals surface area contributed by atoms with Crippen LogP contribution in [0.15, 0.2) is 108 Å². The van der Waals surface area contributed by atoms with Crippen molar-refractivity contribution in [3.63, 3.8) is 0 Å². The maximum Gasteiger partial charge on any atom is 0.339 e. The molecular formula is C30H24O4. The highest BCUT2D eigenvalue weighted by Gasteiger charge is 2.16. The third-order valence-electron chi connectivity index (χ3n) is 5.24. The molecule has 4 aromatic carbocycles. The predicted molar refractivity (Wildman–Crippen MR) is 135 cm³/mol. The van der Waals surface area contributed by atoms with Crippen LogP contribution in [-0.2, 0) is 9.59 Å². The number of ether oxygens (including phenoxy) is 2. The van der Waals surface area contributed by atoms with Gasteiger partial charge in [0.15, 0.2) is 0 Å². The van der Waals surface area contributed by atoms with E-state index in [-0.39, 0.29) is 0 Å². The van der Waals surface area contributed by atoms with E-state index in [1.165, 1.54) is 0 Å². The first-order valence-corrected chi connectivity index (χ1v) is 10.9. The average Bonchev–Trinajstić information content (AvgIpc) is 2.85. The van der Waals surface area contributed by atoms with Crippen molar-refractivity contribution in [3.05, 3.63) is 119 Å². The summed E-state index contributed by atoms with van der Waals surface area (Å²) in [5, 5.41) is 1.36. The van der Waals surface area contributed by atoms with Gasteiger partial charge in [0.25, 0.3) is 0 Å². The van der Waals surface area contributed by atoms with Crippen molar-refractivity contribution in [1.29, 1.82) is 0 Å². The van der Waals surface area contributed by atoms with E-state index in [0.29, 0.717) is 28.0 Å². The van der Waals surface area contributed by atoms with E-state index in [9.17, 15) is 9.59 Å². The van der Waals surface area contributed by atoms with Crippen molar-refractivity contribution in [3.8, 4) is 11.5 Å². The van der Waals surface area contributed by atoms with Crippen LogP contribution in [0.25, 0.3) is 22.9 Å². The summed E-state index contributed by atoms with van der Waals surface area (Å²) >= 11 is 0. The second-order valence-electron chi connectivity index (χ2n) is 7.87. The summed E-state index contributed by atoms with van der Waals surface area (Å²) in [5.41, 5.74) is 2.73. The smallest absolute Gasteiger partial charge is 0.339 e. The Morgan fingerprint density at radius 1 is 0.559 bits per heavy atom. The summed E-state index contributed by atoms with van der Waals surface area (Å²) in [7, 11) is 0. The SMILES string of the molecule is CC(=Cc1ccccc1)C(=O)Oc1cccc2cccc(OC(=O)/C(C)=C/c3ccccc3)c12. The molecule has 0 aliphatic rings. The van der Waals surface area contributed by atoms with E-state index in [1.807, 2.05) is 72.8 Å². The number of hydrogen-bond acceptors (Lipinski definition) is 4. The van der Waals surface area contributed by atoms with Crippen LogP contribution in [0.4, 0.5) is 0 Å². The molecule has 0 aliphatic heterocycles. The summed E-state index contributed by atoms with van der Waals surface area (Å²) in [6.07, 6.45) is 3.54. The molecule has 0 N–H and O–H groups in total. The quantitative estimate of drug-likeness (QED) is 0.184. The van der Waals surface area contributed by atoms with Crippen LogP contribution >= 0.6 is 0 Å². The summed E-state index contributed by atoms with van der Waals surface area (Å²) in [4.78, 5) is 25.6. The number of carbonyl (C=O) groups is 2. The second kappa shape index (κ2) is 10.5. The van der Waals surface area contributed by atoms with E-state index < -0.39 is 11.9 Å². The van der Waals surface area contributed by atoms with E-state index >= 15 is 0 Å². The molecule has 0 heterocycles. The normalized spacial score (nSPS) is 11.8. The molecule has 34 heavy (non-hydrogen) atoms. The minimum absolute atomic E-state index is 0.330. The van der Waals surface area contributed by atoms with E-state index in [0.717, 1.165) is 16.5 Å². The molecule has 0 radical (unpaired) electrons. The summed E-state index contributed by atoms with van der Waals surface area (Å²) in [5.74, 6) is -0.289. The fourth-order valence-corrected chi connectivity index (χ4v) is 3.52. The summed E-state index contributed by atoms with van der Waals surface area (Å²) < 4.78 is 11.5. The van der Waals surface area contributed by atoms with Crippen molar-refractivity contribution in [2.75, 3.05) is 0 Å². The lowest BCUT2D eigenvalue weighted by molar-refractivity contribution is -0.130. The predicted octanol–water partition coefficient (Wildman–Crippen LogP) is 6.86. The van der Waals surface area contributed by atoms with Crippen molar-refractivity contribution in [2.24, 2.45) is 0 Å². The molecule has 4 heteroatoms. The first-order valence-electron chi connectivity index (χ1n) is 10.9. The molecule has 0 unspecified atom stereocenters. The van der Waals surface area contributed by atoms with Gasteiger partial charge in [-0.05, 0) is 54.6 Å². The van der Waals surface area contributed by atoms with Crippen LogP contribution in [0.1, 0.15) is 25.0 Å². The first-order chi connectivity index (χ1) is 16.5. The Hall–Kier alpha value is -4.44. The molecule has 0 fully saturated rings. The third-order valence-corrected chi connectivity index (χ3v) is 5.24. The van der Waals surface area contributed by atoms with Crippen LogP contribution in [0.5, 0.6) is 11.5 Å². The van der Waals surface area contributed by atoms with Crippen LogP contribution in [0.3, 0.4) is 0 Å². The monoisotopic (exact) mass is 448 g/mol. The lowest BCUT2D eigenvalue weighted by atomic mass is 10.1. The Bertz CT molecular complexity index is 1280. The molecule has 4 aromatic rings. The van der Waals surface area contributed by atoms with Gasteiger partial charge in [-0.1, -0.05) is 84.9 Å². The Labute approximate surface area is 198 Å². The fraction of sp³-hybridized carbons (Fsp3) is 0.0667. The van der Waals surface area contributed by atoms with Crippen molar-refractivity contribution in [1.82, 2.24) is 0 Å². The number of carbonyl (C=O) groups excluding carboxylic acids is 2. The van der Waals surface area contributed by atoms with Gasteiger partial charge >= 0.3 is 11.9 Å². The highest BCUT2D eigenvalue weighted by Crippen LogP contribution is 2.35. The topological polar surface area (TPSA) is 52.6 Å². The summed E-state index contributed by atoms with van der Waals surface area (Å²) in [6, 6.07) is 29.9. The molecule has 0 spiro atoms. The van der Waals surface area contributed by atoms with Crippen LogP contribution < -0.4 is 9.47 Å². The third kappa shape index (κ3) is 5.48. The van der Waals surface area contributed by atoms with Crippen molar-refractivity contribution < 1.29 is 19.1 Å². The molecule has 0 aliphatic carbocycles. The lowest BCUT2D eigenvalue weighted by Gasteiger charge is -2.12. The molecular weight excluding hydrogens is 424 g/mol. The van der Waals surface area contributed by atoms with Crippen molar-refractivity contribution >= 4 is 34.9 Å². The number of fused-ring (bicyclic) bond motifs is 1. The maximum absolute atomic E-state index is 12.8. The number of hydrogen-bond donors (Lipinski definition) is 0. The molecule has 4 nitrogen and oxygen atoms in total. The number of rotatable bonds is 6. The molecule has 0 saturated heterocycles. The van der Waals surface area contributed by atoms with Gasteiger partial charge in [0.2, 0.25) is 0 Å². The van der Waals surface area contributed by atoms with Gasteiger partial charge in [0.1, 0.15) is 11.5 Å². The maximum atomic E-state index is 12.8. The molecule has 4 rings (SSSR count). The molecule has 0 bridgehead atoms. The zero-order chi connectivity index (χ0) is 23.9. The van der Waals surface area contributed by atoms with Gasteiger partial charge < -0.3 is 9.47 Å². The fourth-order valence-electron chi connectivity index (χ4n) is 3.52. The van der Waals surface area contributed by atoms with E-state index in [2.05, 4.69) is 0 Å². The molecule has 0 amide bonds.